The standard InChI is InChI=1S/C8H15NO2/c1-6(2)7(9-3)4-5-8(10)11/h4-7,9H,1-3H3,(H,10,11)/b5-4+. The minimum absolute atomic E-state index is 0.145. The monoisotopic (exact) mass is 157 g/mol. The first-order valence-corrected chi connectivity index (χ1v) is 3.66. The van der Waals surface area contributed by atoms with Gasteiger partial charge in [-0.05, 0) is 13.0 Å². The number of aliphatic carboxylic acids is 1. The SMILES string of the molecule is CNC(/C=C/C(=O)O)C(C)C. The maximum absolute atomic E-state index is 10.1. The van der Waals surface area contributed by atoms with E-state index < -0.39 is 5.97 Å². The molecule has 2 N–H and O–H groups in total. The van der Waals surface area contributed by atoms with Gasteiger partial charge in [-0.25, -0.2) is 4.79 Å². The lowest BCUT2D eigenvalue weighted by Crippen LogP contribution is -2.28. The van der Waals surface area contributed by atoms with Crippen molar-refractivity contribution < 1.29 is 9.90 Å². The predicted molar refractivity (Wildman–Crippen MR) is 44.5 cm³/mol. The predicted octanol–water partition coefficient (Wildman–Crippen LogP) is 0.871. The molecule has 0 amide bonds. The summed E-state index contributed by atoms with van der Waals surface area (Å²) in [5, 5.41) is 11.3. The summed E-state index contributed by atoms with van der Waals surface area (Å²) in [6, 6.07) is 0.145. The molecule has 11 heavy (non-hydrogen) atoms. The second-order valence-electron chi connectivity index (χ2n) is 2.76. The average molecular weight is 157 g/mol. The second kappa shape index (κ2) is 4.91. The molecule has 0 aliphatic heterocycles. The number of carbonyl (C=O) groups is 1. The molecular weight excluding hydrogens is 142 g/mol. The van der Waals surface area contributed by atoms with Crippen molar-refractivity contribution in [2.45, 2.75) is 19.9 Å². The number of likely N-dealkylation sites (N-methyl/N-ethyl adjacent to an activating group) is 1. The van der Waals surface area contributed by atoms with Crippen LogP contribution in [0.5, 0.6) is 0 Å². The van der Waals surface area contributed by atoms with Crippen molar-refractivity contribution in [1.29, 1.82) is 0 Å². The van der Waals surface area contributed by atoms with Gasteiger partial charge in [-0.3, -0.25) is 0 Å². The van der Waals surface area contributed by atoms with Crippen molar-refractivity contribution in [2.24, 2.45) is 5.92 Å². The second-order valence-corrected chi connectivity index (χ2v) is 2.76. The molecule has 3 heteroatoms. The Labute approximate surface area is 67.1 Å². The van der Waals surface area contributed by atoms with E-state index in [-0.39, 0.29) is 6.04 Å². The van der Waals surface area contributed by atoms with E-state index >= 15 is 0 Å². The normalized spacial score (nSPS) is 14.2. The molecule has 0 aromatic heterocycles. The summed E-state index contributed by atoms with van der Waals surface area (Å²) in [6.07, 6.45) is 2.83. The van der Waals surface area contributed by atoms with Crippen LogP contribution in [-0.4, -0.2) is 24.2 Å². The van der Waals surface area contributed by atoms with Gasteiger partial charge in [0.2, 0.25) is 0 Å². The van der Waals surface area contributed by atoms with Crippen LogP contribution in [-0.2, 0) is 4.79 Å². The first kappa shape index (κ1) is 10.2. The van der Waals surface area contributed by atoms with Gasteiger partial charge in [0.05, 0.1) is 0 Å². The maximum Gasteiger partial charge on any atom is 0.328 e. The number of hydrogen-bond acceptors (Lipinski definition) is 2. The van der Waals surface area contributed by atoms with Crippen LogP contribution >= 0.6 is 0 Å². The average Bonchev–Trinajstić information content (AvgIpc) is 1.87. The Hall–Kier alpha value is -0.830. The topological polar surface area (TPSA) is 49.3 Å². The lowest BCUT2D eigenvalue weighted by Gasteiger charge is -2.14. The van der Waals surface area contributed by atoms with E-state index in [1.54, 1.807) is 6.08 Å². The molecule has 0 spiro atoms. The van der Waals surface area contributed by atoms with Crippen LogP contribution in [0.4, 0.5) is 0 Å². The number of carboxylic acid groups (broad SMARTS) is 1. The van der Waals surface area contributed by atoms with Crippen LogP contribution in [0.25, 0.3) is 0 Å². The molecule has 1 unspecified atom stereocenters. The molecule has 0 fully saturated rings. The van der Waals surface area contributed by atoms with Crippen molar-refractivity contribution in [3.8, 4) is 0 Å². The highest BCUT2D eigenvalue weighted by molar-refractivity contribution is 5.79. The van der Waals surface area contributed by atoms with Crippen molar-refractivity contribution in [3.05, 3.63) is 12.2 Å². The molecule has 0 bridgehead atoms. The van der Waals surface area contributed by atoms with E-state index in [9.17, 15) is 4.79 Å². The summed E-state index contributed by atoms with van der Waals surface area (Å²) < 4.78 is 0. The van der Waals surface area contributed by atoms with Crippen LogP contribution in [0.3, 0.4) is 0 Å². The fourth-order valence-electron chi connectivity index (χ4n) is 0.838. The molecule has 0 aromatic rings. The van der Waals surface area contributed by atoms with Gasteiger partial charge in [0, 0.05) is 12.1 Å². The van der Waals surface area contributed by atoms with E-state index in [1.165, 1.54) is 6.08 Å². The summed E-state index contributed by atoms with van der Waals surface area (Å²) in [4.78, 5) is 10.1. The van der Waals surface area contributed by atoms with Gasteiger partial charge < -0.3 is 10.4 Å². The fourth-order valence-corrected chi connectivity index (χ4v) is 0.838. The fraction of sp³-hybridized carbons (Fsp3) is 0.625. The Kier molecular flexibility index (Phi) is 4.54. The van der Waals surface area contributed by atoms with E-state index in [0.717, 1.165) is 0 Å². The molecule has 64 valence electrons. The van der Waals surface area contributed by atoms with Gasteiger partial charge >= 0.3 is 5.97 Å². The lowest BCUT2D eigenvalue weighted by molar-refractivity contribution is -0.131. The summed E-state index contributed by atoms with van der Waals surface area (Å²) in [5.74, 6) is -0.485. The van der Waals surface area contributed by atoms with E-state index in [0.29, 0.717) is 5.92 Å². The van der Waals surface area contributed by atoms with Gasteiger partial charge in [-0.1, -0.05) is 19.9 Å². The highest BCUT2D eigenvalue weighted by atomic mass is 16.4. The molecule has 0 saturated carbocycles. The minimum Gasteiger partial charge on any atom is -0.478 e. The summed E-state index contributed by atoms with van der Waals surface area (Å²) in [7, 11) is 1.82. The molecule has 0 aromatic carbocycles. The minimum atomic E-state index is -0.897. The number of rotatable bonds is 4. The Morgan fingerprint density at radius 2 is 2.09 bits per heavy atom. The molecule has 0 radical (unpaired) electrons. The smallest absolute Gasteiger partial charge is 0.328 e. The molecular formula is C8H15NO2. The molecule has 0 saturated heterocycles. The van der Waals surface area contributed by atoms with Gasteiger partial charge in [-0.15, -0.1) is 0 Å². The Bertz CT molecular complexity index is 152. The number of carboxylic acids is 1. The third-order valence-electron chi connectivity index (χ3n) is 1.50. The van der Waals surface area contributed by atoms with E-state index in [1.807, 2.05) is 20.9 Å². The van der Waals surface area contributed by atoms with Gasteiger partial charge in [0.1, 0.15) is 0 Å². The van der Waals surface area contributed by atoms with Crippen molar-refractivity contribution in [2.75, 3.05) is 7.05 Å². The van der Waals surface area contributed by atoms with Crippen LogP contribution < -0.4 is 5.32 Å². The Morgan fingerprint density at radius 3 is 2.36 bits per heavy atom. The van der Waals surface area contributed by atoms with Crippen LogP contribution in [0.2, 0.25) is 0 Å². The lowest BCUT2D eigenvalue weighted by atomic mass is 10.0. The maximum atomic E-state index is 10.1. The first-order valence-electron chi connectivity index (χ1n) is 3.66. The van der Waals surface area contributed by atoms with Crippen molar-refractivity contribution >= 4 is 5.97 Å². The van der Waals surface area contributed by atoms with Gasteiger partial charge in [0.25, 0.3) is 0 Å². The zero-order chi connectivity index (χ0) is 8.85. The Balaban J connectivity index is 3.97. The largest absolute Gasteiger partial charge is 0.478 e. The van der Waals surface area contributed by atoms with E-state index in [4.69, 9.17) is 5.11 Å². The third-order valence-corrected chi connectivity index (χ3v) is 1.50. The van der Waals surface area contributed by atoms with Gasteiger partial charge in [-0.2, -0.15) is 0 Å². The zero-order valence-corrected chi connectivity index (χ0v) is 7.16. The summed E-state index contributed by atoms with van der Waals surface area (Å²) in [6.45, 7) is 4.07. The van der Waals surface area contributed by atoms with Crippen LogP contribution in [0.15, 0.2) is 12.2 Å². The first-order chi connectivity index (χ1) is 5.07. The molecule has 0 aliphatic rings. The molecule has 0 rings (SSSR count). The van der Waals surface area contributed by atoms with E-state index in [2.05, 4.69) is 5.32 Å². The van der Waals surface area contributed by atoms with Crippen LogP contribution in [0.1, 0.15) is 13.8 Å². The summed E-state index contributed by atoms with van der Waals surface area (Å²) >= 11 is 0. The molecule has 0 aliphatic carbocycles. The van der Waals surface area contributed by atoms with Crippen molar-refractivity contribution in [1.82, 2.24) is 5.32 Å². The highest BCUT2D eigenvalue weighted by Gasteiger charge is 2.05. The molecule has 3 nitrogen and oxygen atoms in total. The number of nitrogens with one attached hydrogen (secondary N) is 1. The summed E-state index contributed by atoms with van der Waals surface area (Å²) in [5.41, 5.74) is 0. The quantitative estimate of drug-likeness (QED) is 0.595. The Morgan fingerprint density at radius 1 is 1.55 bits per heavy atom. The zero-order valence-electron chi connectivity index (χ0n) is 7.16. The highest BCUT2D eigenvalue weighted by Crippen LogP contribution is 2.01. The molecule has 1 atom stereocenters. The van der Waals surface area contributed by atoms with Crippen LogP contribution in [0, 0.1) is 5.92 Å². The van der Waals surface area contributed by atoms with Crippen molar-refractivity contribution in [3.63, 3.8) is 0 Å². The third kappa shape index (κ3) is 4.56. The van der Waals surface area contributed by atoms with Gasteiger partial charge in [0.15, 0.2) is 0 Å². The molecule has 0 heterocycles. The number of hydrogen-bond donors (Lipinski definition) is 2.